The molecule has 0 aliphatic heterocycles. The first-order valence-corrected chi connectivity index (χ1v) is 4.87. The number of hydrogen-bond acceptors (Lipinski definition) is 2. The van der Waals surface area contributed by atoms with Crippen LogP contribution in [0, 0.1) is 5.92 Å². The van der Waals surface area contributed by atoms with Gasteiger partial charge in [-0.1, -0.05) is 44.2 Å². The summed E-state index contributed by atoms with van der Waals surface area (Å²) >= 11 is 0. The van der Waals surface area contributed by atoms with Gasteiger partial charge in [0.2, 0.25) is 0 Å². The van der Waals surface area contributed by atoms with Crippen LogP contribution in [0.2, 0.25) is 0 Å². The van der Waals surface area contributed by atoms with E-state index in [4.69, 9.17) is 5.73 Å². The minimum atomic E-state index is 0.0312. The summed E-state index contributed by atoms with van der Waals surface area (Å²) in [6.07, 6.45) is 9.12. The number of rotatable bonds is 5. The lowest BCUT2D eigenvalue weighted by atomic mass is 10.0. The monoisotopic (exact) mass is 193 g/mol. The van der Waals surface area contributed by atoms with Crippen molar-refractivity contribution in [3.63, 3.8) is 0 Å². The maximum absolute atomic E-state index is 11.6. The Hall–Kier alpha value is -1.15. The highest BCUT2D eigenvalue weighted by atomic mass is 16.1. The second-order valence-corrected chi connectivity index (χ2v) is 3.30. The van der Waals surface area contributed by atoms with E-state index in [0.717, 1.165) is 5.57 Å². The predicted octanol–water partition coefficient (Wildman–Crippen LogP) is 2.23. The zero-order valence-corrected chi connectivity index (χ0v) is 9.16. The van der Waals surface area contributed by atoms with Crippen LogP contribution in [-0.4, -0.2) is 12.3 Å². The first-order chi connectivity index (χ1) is 6.63. The predicted molar refractivity (Wildman–Crippen MR) is 60.9 cm³/mol. The quantitative estimate of drug-likeness (QED) is 0.537. The van der Waals surface area contributed by atoms with Crippen molar-refractivity contribution in [2.24, 2.45) is 11.7 Å². The van der Waals surface area contributed by atoms with Gasteiger partial charge in [-0.15, -0.1) is 0 Å². The van der Waals surface area contributed by atoms with Gasteiger partial charge in [0.1, 0.15) is 0 Å². The normalized spacial score (nSPS) is 13.4. The molecule has 0 aliphatic rings. The van der Waals surface area contributed by atoms with Gasteiger partial charge in [0.15, 0.2) is 5.78 Å². The fourth-order valence-electron chi connectivity index (χ4n) is 0.983. The number of Topliss-reactive ketones (excluding diaryl/α,β-unsaturated/α-hetero) is 1. The average molecular weight is 193 g/mol. The molecule has 0 heterocycles. The highest BCUT2D eigenvalue weighted by molar-refractivity contribution is 5.99. The molecule has 0 aromatic carbocycles. The molecule has 14 heavy (non-hydrogen) atoms. The van der Waals surface area contributed by atoms with Crippen LogP contribution in [0.4, 0.5) is 0 Å². The van der Waals surface area contributed by atoms with Crippen molar-refractivity contribution in [1.29, 1.82) is 0 Å². The minimum Gasteiger partial charge on any atom is -0.327 e. The van der Waals surface area contributed by atoms with Gasteiger partial charge < -0.3 is 5.73 Å². The number of carbonyl (C=O) groups excluding carboxylic acids is 1. The van der Waals surface area contributed by atoms with E-state index in [2.05, 4.69) is 0 Å². The summed E-state index contributed by atoms with van der Waals surface area (Å²) in [6.45, 7) is 6.18. The second-order valence-electron chi connectivity index (χ2n) is 3.30. The van der Waals surface area contributed by atoms with E-state index in [0.29, 0.717) is 6.54 Å². The number of ketones is 1. The van der Waals surface area contributed by atoms with E-state index in [-0.39, 0.29) is 11.7 Å². The highest BCUT2D eigenvalue weighted by Gasteiger charge is 2.09. The summed E-state index contributed by atoms with van der Waals surface area (Å²) < 4.78 is 0. The Morgan fingerprint density at radius 3 is 2.50 bits per heavy atom. The third kappa shape index (κ3) is 4.77. The fraction of sp³-hybridized carbons (Fsp3) is 0.417. The topological polar surface area (TPSA) is 43.1 Å². The van der Waals surface area contributed by atoms with Gasteiger partial charge in [0.05, 0.1) is 0 Å². The van der Waals surface area contributed by atoms with Crippen LogP contribution in [0.3, 0.4) is 0 Å². The number of allylic oxidation sites excluding steroid dienone is 5. The second kappa shape index (κ2) is 7.27. The van der Waals surface area contributed by atoms with Gasteiger partial charge in [-0.2, -0.15) is 0 Å². The first-order valence-electron chi connectivity index (χ1n) is 4.87. The van der Waals surface area contributed by atoms with Crippen LogP contribution < -0.4 is 5.73 Å². The molecule has 0 saturated carbocycles. The maximum atomic E-state index is 11.6. The molecule has 0 atom stereocenters. The summed E-state index contributed by atoms with van der Waals surface area (Å²) in [7, 11) is 0. The molecule has 0 unspecified atom stereocenters. The molecule has 0 bridgehead atoms. The largest absolute Gasteiger partial charge is 0.327 e. The molecule has 78 valence electrons. The van der Waals surface area contributed by atoms with Crippen LogP contribution in [0.5, 0.6) is 0 Å². The zero-order chi connectivity index (χ0) is 11.0. The van der Waals surface area contributed by atoms with Crippen molar-refractivity contribution in [3.05, 3.63) is 36.0 Å². The van der Waals surface area contributed by atoms with Crippen molar-refractivity contribution >= 4 is 5.78 Å². The Bertz CT molecular complexity index is 259. The van der Waals surface area contributed by atoms with E-state index in [1.807, 2.05) is 45.1 Å². The van der Waals surface area contributed by atoms with Gasteiger partial charge in [-0.05, 0) is 6.92 Å². The molecule has 2 N–H and O–H groups in total. The molecule has 0 aromatic heterocycles. The molecule has 0 radical (unpaired) electrons. The fourth-order valence-corrected chi connectivity index (χ4v) is 0.983. The van der Waals surface area contributed by atoms with E-state index >= 15 is 0 Å². The average Bonchev–Trinajstić information content (AvgIpc) is 2.15. The standard InChI is InChI=1S/C12H19NO/c1-4-7-11(8-5-6-9-13)12(14)10(2)3/h4-8,10H,9,13H2,1-3H3/b6-5+,7-4-,11-8+. The minimum absolute atomic E-state index is 0.0312. The van der Waals surface area contributed by atoms with Gasteiger partial charge in [0, 0.05) is 18.0 Å². The van der Waals surface area contributed by atoms with Gasteiger partial charge in [0.25, 0.3) is 0 Å². The van der Waals surface area contributed by atoms with Crippen molar-refractivity contribution in [1.82, 2.24) is 0 Å². The summed E-state index contributed by atoms with van der Waals surface area (Å²) in [5.74, 6) is 0.188. The Labute approximate surface area is 86.2 Å². The lowest BCUT2D eigenvalue weighted by Crippen LogP contribution is -2.08. The van der Waals surface area contributed by atoms with E-state index in [1.165, 1.54) is 0 Å². The molecule has 2 nitrogen and oxygen atoms in total. The lowest BCUT2D eigenvalue weighted by molar-refractivity contribution is -0.117. The molecule has 0 rings (SSSR count). The van der Waals surface area contributed by atoms with E-state index in [1.54, 1.807) is 6.08 Å². The van der Waals surface area contributed by atoms with Gasteiger partial charge in [-0.25, -0.2) is 0 Å². The molecule has 0 spiro atoms. The molecule has 0 fully saturated rings. The van der Waals surface area contributed by atoms with E-state index < -0.39 is 0 Å². The number of nitrogens with two attached hydrogens (primary N) is 1. The SMILES string of the molecule is C\C=C/C(=C\C=C\CN)C(=O)C(C)C. The Kier molecular flexibility index (Phi) is 6.68. The Morgan fingerprint density at radius 1 is 1.43 bits per heavy atom. The molecule has 0 amide bonds. The van der Waals surface area contributed by atoms with Crippen LogP contribution in [0.25, 0.3) is 0 Å². The Morgan fingerprint density at radius 2 is 2.07 bits per heavy atom. The van der Waals surface area contributed by atoms with Gasteiger partial charge in [-0.3, -0.25) is 4.79 Å². The van der Waals surface area contributed by atoms with Crippen LogP contribution in [0.15, 0.2) is 36.0 Å². The molecule has 0 aromatic rings. The summed E-state index contributed by atoms with van der Waals surface area (Å²) in [4.78, 5) is 11.6. The van der Waals surface area contributed by atoms with Crippen molar-refractivity contribution in [2.45, 2.75) is 20.8 Å². The van der Waals surface area contributed by atoms with Crippen molar-refractivity contribution in [2.75, 3.05) is 6.54 Å². The van der Waals surface area contributed by atoms with Crippen LogP contribution >= 0.6 is 0 Å². The summed E-state index contributed by atoms with van der Waals surface area (Å²) in [5.41, 5.74) is 6.03. The summed E-state index contributed by atoms with van der Waals surface area (Å²) in [6, 6.07) is 0. The van der Waals surface area contributed by atoms with Gasteiger partial charge >= 0.3 is 0 Å². The third-order valence-corrected chi connectivity index (χ3v) is 1.70. The number of carbonyl (C=O) groups is 1. The maximum Gasteiger partial charge on any atom is 0.165 e. The molecular weight excluding hydrogens is 174 g/mol. The zero-order valence-electron chi connectivity index (χ0n) is 9.16. The summed E-state index contributed by atoms with van der Waals surface area (Å²) in [5, 5.41) is 0. The molecule has 0 saturated heterocycles. The van der Waals surface area contributed by atoms with Crippen molar-refractivity contribution < 1.29 is 4.79 Å². The first kappa shape index (κ1) is 12.8. The molecule has 0 aliphatic carbocycles. The lowest BCUT2D eigenvalue weighted by Gasteiger charge is -2.03. The third-order valence-electron chi connectivity index (χ3n) is 1.70. The highest BCUT2D eigenvalue weighted by Crippen LogP contribution is 2.07. The molecular formula is C12H19NO. The van der Waals surface area contributed by atoms with E-state index in [9.17, 15) is 4.79 Å². The Balaban J connectivity index is 4.67. The van der Waals surface area contributed by atoms with Crippen LogP contribution in [0.1, 0.15) is 20.8 Å². The number of hydrogen-bond donors (Lipinski definition) is 1. The smallest absolute Gasteiger partial charge is 0.165 e. The molecule has 2 heteroatoms. The van der Waals surface area contributed by atoms with Crippen molar-refractivity contribution in [3.8, 4) is 0 Å². The van der Waals surface area contributed by atoms with Crippen LogP contribution in [-0.2, 0) is 4.79 Å².